The van der Waals surface area contributed by atoms with Gasteiger partial charge in [0.1, 0.15) is 12.6 Å². The average molecular weight is 571 g/mol. The molecular formula is C31H30N4O5S. The normalized spacial score (nSPS) is 11.6. The monoisotopic (exact) mass is 570 g/mol. The van der Waals surface area contributed by atoms with Gasteiger partial charge in [-0.3, -0.25) is 4.79 Å². The summed E-state index contributed by atoms with van der Waals surface area (Å²) in [4.78, 5) is 13.5. The molecule has 0 aliphatic rings. The molecule has 0 saturated heterocycles. The molecule has 0 spiro atoms. The zero-order valence-corrected chi connectivity index (χ0v) is 23.2. The molecule has 1 unspecified atom stereocenters. The molecule has 210 valence electrons. The molecular weight excluding hydrogens is 540 g/mol. The number of hydrogen-bond donors (Lipinski definition) is 3. The Morgan fingerprint density at radius 3 is 2.27 bits per heavy atom. The Morgan fingerprint density at radius 1 is 0.927 bits per heavy atom. The molecule has 0 bridgehead atoms. The number of benzene rings is 4. The van der Waals surface area contributed by atoms with E-state index in [1.54, 1.807) is 61.7 Å². The lowest BCUT2D eigenvalue weighted by atomic mass is 10.0. The van der Waals surface area contributed by atoms with Crippen molar-refractivity contribution in [1.29, 1.82) is 5.26 Å². The molecule has 0 fully saturated rings. The van der Waals surface area contributed by atoms with Gasteiger partial charge in [0.15, 0.2) is 11.5 Å². The van der Waals surface area contributed by atoms with E-state index in [-0.39, 0.29) is 10.8 Å². The fourth-order valence-electron chi connectivity index (χ4n) is 4.10. The topological polar surface area (TPSA) is 144 Å². The van der Waals surface area contributed by atoms with E-state index in [0.717, 1.165) is 11.1 Å². The van der Waals surface area contributed by atoms with Gasteiger partial charge in [-0.2, -0.15) is 5.26 Å². The van der Waals surface area contributed by atoms with E-state index < -0.39 is 16.1 Å². The van der Waals surface area contributed by atoms with E-state index in [4.69, 9.17) is 19.9 Å². The summed E-state index contributed by atoms with van der Waals surface area (Å²) in [5, 5.41) is 20.5. The Balaban J connectivity index is 1.51. The fraction of sp³-hybridized carbons (Fsp3) is 0.161. The highest BCUT2D eigenvalue weighted by atomic mass is 32.2. The molecule has 1 atom stereocenters. The molecule has 41 heavy (non-hydrogen) atoms. The third-order valence-corrected chi connectivity index (χ3v) is 7.24. The van der Waals surface area contributed by atoms with Crippen LogP contribution in [0.4, 0.5) is 5.69 Å². The van der Waals surface area contributed by atoms with Crippen molar-refractivity contribution < 1.29 is 22.7 Å². The molecule has 0 saturated carbocycles. The molecule has 1 amide bonds. The Labute approximate surface area is 239 Å². The predicted molar refractivity (Wildman–Crippen MR) is 156 cm³/mol. The summed E-state index contributed by atoms with van der Waals surface area (Å²) >= 11 is 0. The van der Waals surface area contributed by atoms with Gasteiger partial charge in [-0.05, 0) is 71.6 Å². The van der Waals surface area contributed by atoms with E-state index in [9.17, 15) is 13.2 Å². The molecule has 0 aliphatic carbocycles. The minimum atomic E-state index is -3.77. The second-order valence-corrected chi connectivity index (χ2v) is 10.7. The first-order valence-corrected chi connectivity index (χ1v) is 14.3. The standard InChI is InChI=1S/C31H30N4O5S/c1-39-29-19-25(11-16-28(29)40-21-24-5-3-2-4-6-24)30(35-26-12-7-23(20-32)8-13-26)31(36)34-18-17-22-9-14-27(15-10-22)41(33,37)38/h2-16,19,30,35H,17-18,21H2,1H3,(H,34,36)(H2,33,37,38). The lowest BCUT2D eigenvalue weighted by Gasteiger charge is -2.21. The van der Waals surface area contributed by atoms with Gasteiger partial charge in [0.25, 0.3) is 0 Å². The summed E-state index contributed by atoms with van der Waals surface area (Å²) in [5.41, 5.74) is 3.67. The number of anilines is 1. The first kappa shape index (κ1) is 29.1. The number of ether oxygens (including phenoxy) is 2. The van der Waals surface area contributed by atoms with E-state index in [2.05, 4.69) is 16.7 Å². The second kappa shape index (κ2) is 13.5. The third kappa shape index (κ3) is 8.08. The first-order chi connectivity index (χ1) is 19.8. The number of sulfonamides is 1. The lowest BCUT2D eigenvalue weighted by molar-refractivity contribution is -0.121. The maximum absolute atomic E-state index is 13.4. The van der Waals surface area contributed by atoms with Gasteiger partial charge in [0.2, 0.25) is 15.9 Å². The van der Waals surface area contributed by atoms with Gasteiger partial charge in [-0.1, -0.05) is 48.5 Å². The van der Waals surface area contributed by atoms with Crippen molar-refractivity contribution in [1.82, 2.24) is 5.32 Å². The van der Waals surface area contributed by atoms with Crippen LogP contribution in [0.15, 0.2) is 102 Å². The summed E-state index contributed by atoms with van der Waals surface area (Å²) < 4.78 is 34.5. The zero-order chi connectivity index (χ0) is 29.2. The summed E-state index contributed by atoms with van der Waals surface area (Å²) in [7, 11) is -2.23. The first-order valence-electron chi connectivity index (χ1n) is 12.8. The number of nitrogens with one attached hydrogen (secondary N) is 2. The maximum Gasteiger partial charge on any atom is 0.247 e. The van der Waals surface area contributed by atoms with Gasteiger partial charge in [0, 0.05) is 12.2 Å². The van der Waals surface area contributed by atoms with Crippen molar-refractivity contribution in [2.24, 2.45) is 5.14 Å². The highest BCUT2D eigenvalue weighted by molar-refractivity contribution is 7.89. The van der Waals surface area contributed by atoms with Crippen LogP contribution in [-0.2, 0) is 27.8 Å². The maximum atomic E-state index is 13.4. The number of methoxy groups -OCH3 is 1. The number of amides is 1. The van der Waals surface area contributed by atoms with Crippen molar-refractivity contribution >= 4 is 21.6 Å². The summed E-state index contributed by atoms with van der Waals surface area (Å²) in [6, 6.07) is 29.4. The fourth-order valence-corrected chi connectivity index (χ4v) is 4.62. The van der Waals surface area contributed by atoms with Gasteiger partial charge in [-0.25, -0.2) is 13.6 Å². The van der Waals surface area contributed by atoms with E-state index in [0.29, 0.717) is 47.9 Å². The highest BCUT2D eigenvalue weighted by Gasteiger charge is 2.22. The summed E-state index contributed by atoms with van der Waals surface area (Å²) in [5.74, 6) is 0.740. The van der Waals surface area contributed by atoms with Gasteiger partial charge >= 0.3 is 0 Å². The van der Waals surface area contributed by atoms with Crippen molar-refractivity contribution in [3.8, 4) is 17.6 Å². The number of nitriles is 1. The minimum Gasteiger partial charge on any atom is -0.493 e. The molecule has 9 nitrogen and oxygen atoms in total. The molecule has 4 rings (SSSR count). The molecule has 4 aromatic carbocycles. The van der Waals surface area contributed by atoms with Crippen LogP contribution < -0.4 is 25.2 Å². The van der Waals surface area contributed by atoms with Crippen molar-refractivity contribution in [3.05, 3.63) is 119 Å². The van der Waals surface area contributed by atoms with Crippen LogP contribution >= 0.6 is 0 Å². The van der Waals surface area contributed by atoms with Gasteiger partial charge < -0.3 is 20.1 Å². The summed E-state index contributed by atoms with van der Waals surface area (Å²) in [6.45, 7) is 0.677. The second-order valence-electron chi connectivity index (χ2n) is 9.18. The van der Waals surface area contributed by atoms with Crippen LogP contribution in [0, 0.1) is 11.3 Å². The highest BCUT2D eigenvalue weighted by Crippen LogP contribution is 2.32. The number of nitrogens with two attached hydrogens (primary N) is 1. The average Bonchev–Trinajstić information content (AvgIpc) is 2.99. The van der Waals surface area contributed by atoms with Gasteiger partial charge in [0.05, 0.1) is 23.6 Å². The largest absolute Gasteiger partial charge is 0.493 e. The predicted octanol–water partition coefficient (Wildman–Crippen LogP) is 4.31. The number of rotatable bonds is 12. The lowest BCUT2D eigenvalue weighted by Crippen LogP contribution is -2.34. The molecule has 10 heteroatoms. The number of nitrogens with zero attached hydrogens (tertiary/aromatic N) is 1. The van der Waals surface area contributed by atoms with Crippen LogP contribution in [0.1, 0.15) is 28.3 Å². The minimum absolute atomic E-state index is 0.0297. The van der Waals surface area contributed by atoms with Crippen molar-refractivity contribution in [3.63, 3.8) is 0 Å². The van der Waals surface area contributed by atoms with Gasteiger partial charge in [-0.15, -0.1) is 0 Å². The van der Waals surface area contributed by atoms with E-state index in [1.807, 2.05) is 30.3 Å². The summed E-state index contributed by atoms with van der Waals surface area (Å²) in [6.07, 6.45) is 0.482. The Kier molecular flexibility index (Phi) is 9.58. The number of primary sulfonamides is 1. The van der Waals surface area contributed by atoms with Crippen LogP contribution in [0.25, 0.3) is 0 Å². The Hall–Kier alpha value is -4.85. The van der Waals surface area contributed by atoms with Crippen LogP contribution in [-0.4, -0.2) is 28.0 Å². The number of carbonyl (C=O) groups is 1. The number of hydrogen-bond acceptors (Lipinski definition) is 7. The quantitative estimate of drug-likeness (QED) is 0.230. The van der Waals surface area contributed by atoms with Crippen molar-refractivity contribution in [2.45, 2.75) is 24.0 Å². The third-order valence-electron chi connectivity index (χ3n) is 6.31. The Bertz CT molecular complexity index is 1620. The molecule has 4 N–H and O–H groups in total. The number of carbonyl (C=O) groups excluding carboxylic acids is 1. The van der Waals surface area contributed by atoms with Crippen LogP contribution in [0.5, 0.6) is 11.5 Å². The zero-order valence-electron chi connectivity index (χ0n) is 22.4. The SMILES string of the molecule is COc1cc(C(Nc2ccc(C#N)cc2)C(=O)NCCc2ccc(S(N)(=O)=O)cc2)ccc1OCc1ccccc1. The Morgan fingerprint density at radius 2 is 1.63 bits per heavy atom. The molecule has 0 radical (unpaired) electrons. The van der Waals surface area contributed by atoms with Crippen LogP contribution in [0.2, 0.25) is 0 Å². The smallest absolute Gasteiger partial charge is 0.247 e. The van der Waals surface area contributed by atoms with E-state index in [1.165, 1.54) is 12.1 Å². The molecule has 4 aromatic rings. The van der Waals surface area contributed by atoms with Crippen molar-refractivity contribution in [2.75, 3.05) is 19.0 Å². The van der Waals surface area contributed by atoms with E-state index >= 15 is 0 Å². The molecule has 0 aliphatic heterocycles. The molecule has 0 heterocycles. The van der Waals surface area contributed by atoms with Crippen LogP contribution in [0.3, 0.4) is 0 Å². The molecule has 0 aromatic heterocycles.